The minimum atomic E-state index is 0.300. The minimum Gasteiger partial charge on any atom is -0.396 e. The molecule has 2 N–H and O–H groups in total. The van der Waals surface area contributed by atoms with Gasteiger partial charge in [0.15, 0.2) is 0 Å². The lowest BCUT2D eigenvalue weighted by atomic mass is 10.1. The quantitative estimate of drug-likeness (QED) is 0.633. The van der Waals surface area contributed by atoms with Crippen LogP contribution < -0.4 is 5.32 Å². The van der Waals surface area contributed by atoms with Crippen LogP contribution in [0.5, 0.6) is 0 Å². The van der Waals surface area contributed by atoms with E-state index in [4.69, 9.17) is 5.11 Å². The Morgan fingerprint density at radius 1 is 1.50 bits per heavy atom. The zero-order chi connectivity index (χ0) is 8.97. The van der Waals surface area contributed by atoms with Gasteiger partial charge in [-0.2, -0.15) is 0 Å². The monoisotopic (exact) mass is 171 g/mol. The molecule has 0 heterocycles. The van der Waals surface area contributed by atoms with Gasteiger partial charge in [-0.05, 0) is 31.1 Å². The first-order chi connectivity index (χ1) is 5.77. The van der Waals surface area contributed by atoms with Crippen LogP contribution in [0.1, 0.15) is 33.1 Å². The largest absolute Gasteiger partial charge is 0.396 e. The summed E-state index contributed by atoms with van der Waals surface area (Å²) in [5, 5.41) is 12.4. The number of hydrogen-bond acceptors (Lipinski definition) is 2. The van der Waals surface area contributed by atoms with E-state index >= 15 is 0 Å². The van der Waals surface area contributed by atoms with Gasteiger partial charge < -0.3 is 10.4 Å². The van der Waals surface area contributed by atoms with Crippen molar-refractivity contribution in [2.45, 2.75) is 39.2 Å². The molecule has 0 radical (unpaired) electrons. The summed E-state index contributed by atoms with van der Waals surface area (Å²) in [6, 6.07) is 0.707. The molecule has 12 heavy (non-hydrogen) atoms. The van der Waals surface area contributed by atoms with Crippen molar-refractivity contribution in [2.24, 2.45) is 11.8 Å². The second-order valence-electron chi connectivity index (χ2n) is 4.05. The van der Waals surface area contributed by atoms with E-state index in [9.17, 15) is 0 Å². The Kier molecular flexibility index (Phi) is 4.02. The Balaban J connectivity index is 2.10. The van der Waals surface area contributed by atoms with Gasteiger partial charge in [-0.1, -0.05) is 13.8 Å². The molecule has 1 saturated carbocycles. The fraction of sp³-hybridized carbons (Fsp3) is 1.00. The molecular weight excluding hydrogens is 150 g/mol. The molecular formula is C10H21NO. The summed E-state index contributed by atoms with van der Waals surface area (Å²) in [6.07, 6.45) is 4.03. The van der Waals surface area contributed by atoms with E-state index in [1.54, 1.807) is 0 Å². The number of hydrogen-bond donors (Lipinski definition) is 2. The van der Waals surface area contributed by atoms with Crippen LogP contribution in [-0.4, -0.2) is 24.3 Å². The van der Waals surface area contributed by atoms with Crippen LogP contribution in [0.4, 0.5) is 0 Å². The summed E-state index contributed by atoms with van der Waals surface area (Å²) < 4.78 is 0. The highest BCUT2D eigenvalue weighted by Gasteiger charge is 2.29. The predicted molar refractivity (Wildman–Crippen MR) is 51.1 cm³/mol. The smallest absolute Gasteiger partial charge is 0.0468 e. The third kappa shape index (κ3) is 3.11. The molecule has 0 aromatic heterocycles. The maximum absolute atomic E-state index is 8.83. The average molecular weight is 171 g/mol. The maximum atomic E-state index is 8.83. The second-order valence-corrected chi connectivity index (χ2v) is 4.05. The Morgan fingerprint density at radius 2 is 2.17 bits per heavy atom. The predicted octanol–water partition coefficient (Wildman–Crippen LogP) is 1.39. The summed E-state index contributed by atoms with van der Waals surface area (Å²) >= 11 is 0. The Morgan fingerprint density at radius 3 is 2.58 bits per heavy atom. The molecule has 1 aliphatic rings. The second kappa shape index (κ2) is 4.83. The standard InChI is InChI=1S/C10H21NO/c1-3-10(9-4-5-9)11-6-8(2)7-12/h8-12H,3-7H2,1-2H3. The molecule has 1 rings (SSSR count). The summed E-state index contributed by atoms with van der Waals surface area (Å²) in [5.74, 6) is 1.33. The van der Waals surface area contributed by atoms with Gasteiger partial charge in [0.1, 0.15) is 0 Å². The van der Waals surface area contributed by atoms with Crippen LogP contribution in [0, 0.1) is 11.8 Å². The van der Waals surface area contributed by atoms with Gasteiger partial charge in [-0.3, -0.25) is 0 Å². The first-order valence-corrected chi connectivity index (χ1v) is 5.12. The van der Waals surface area contributed by atoms with E-state index in [1.165, 1.54) is 19.3 Å². The molecule has 2 unspecified atom stereocenters. The number of aliphatic hydroxyl groups excluding tert-OH is 1. The maximum Gasteiger partial charge on any atom is 0.0468 e. The van der Waals surface area contributed by atoms with Crippen molar-refractivity contribution in [2.75, 3.05) is 13.2 Å². The zero-order valence-electron chi connectivity index (χ0n) is 8.21. The van der Waals surface area contributed by atoms with Gasteiger partial charge in [-0.15, -0.1) is 0 Å². The lowest BCUT2D eigenvalue weighted by Crippen LogP contribution is -2.34. The first kappa shape index (κ1) is 10.0. The Bertz CT molecular complexity index is 123. The van der Waals surface area contributed by atoms with Crippen molar-refractivity contribution >= 4 is 0 Å². The van der Waals surface area contributed by atoms with Gasteiger partial charge in [0.25, 0.3) is 0 Å². The molecule has 0 amide bonds. The molecule has 1 aliphatic carbocycles. The lowest BCUT2D eigenvalue weighted by Gasteiger charge is -2.18. The van der Waals surface area contributed by atoms with Crippen LogP contribution in [0.15, 0.2) is 0 Å². The molecule has 0 aromatic carbocycles. The highest BCUT2D eigenvalue weighted by molar-refractivity contribution is 4.85. The first-order valence-electron chi connectivity index (χ1n) is 5.12. The van der Waals surface area contributed by atoms with Crippen LogP contribution in [-0.2, 0) is 0 Å². The van der Waals surface area contributed by atoms with Crippen molar-refractivity contribution in [3.05, 3.63) is 0 Å². The van der Waals surface area contributed by atoms with Crippen LogP contribution in [0.25, 0.3) is 0 Å². The number of rotatable bonds is 6. The van der Waals surface area contributed by atoms with Gasteiger partial charge in [0.2, 0.25) is 0 Å². The average Bonchev–Trinajstić information content (AvgIpc) is 2.89. The summed E-state index contributed by atoms with van der Waals surface area (Å²) in [4.78, 5) is 0. The normalized spacial score (nSPS) is 22.2. The van der Waals surface area contributed by atoms with Crippen molar-refractivity contribution in [1.82, 2.24) is 5.32 Å². The molecule has 0 saturated heterocycles. The third-order valence-electron chi connectivity index (χ3n) is 2.67. The molecule has 0 aromatic rings. The minimum absolute atomic E-state index is 0.300. The van der Waals surface area contributed by atoms with E-state index in [-0.39, 0.29) is 0 Å². The number of aliphatic hydroxyl groups is 1. The fourth-order valence-electron chi connectivity index (χ4n) is 1.56. The van der Waals surface area contributed by atoms with Crippen molar-refractivity contribution in [3.63, 3.8) is 0 Å². The number of nitrogens with one attached hydrogen (secondary N) is 1. The van der Waals surface area contributed by atoms with E-state index in [0.717, 1.165) is 12.5 Å². The lowest BCUT2D eigenvalue weighted by molar-refractivity contribution is 0.227. The molecule has 0 aliphatic heterocycles. The molecule has 0 bridgehead atoms. The van der Waals surface area contributed by atoms with Crippen LogP contribution in [0.2, 0.25) is 0 Å². The summed E-state index contributed by atoms with van der Waals surface area (Å²) in [5.41, 5.74) is 0. The third-order valence-corrected chi connectivity index (χ3v) is 2.67. The highest BCUT2D eigenvalue weighted by Crippen LogP contribution is 2.33. The molecule has 2 nitrogen and oxygen atoms in total. The molecule has 72 valence electrons. The van der Waals surface area contributed by atoms with E-state index in [0.29, 0.717) is 18.6 Å². The fourth-order valence-corrected chi connectivity index (χ4v) is 1.56. The van der Waals surface area contributed by atoms with E-state index in [2.05, 4.69) is 19.2 Å². The van der Waals surface area contributed by atoms with Crippen molar-refractivity contribution < 1.29 is 5.11 Å². The molecule has 2 atom stereocenters. The molecule has 1 fully saturated rings. The summed E-state index contributed by atoms with van der Waals surface area (Å²) in [6.45, 7) is 5.58. The Labute approximate surface area is 75.4 Å². The van der Waals surface area contributed by atoms with Crippen molar-refractivity contribution in [3.8, 4) is 0 Å². The van der Waals surface area contributed by atoms with Crippen molar-refractivity contribution in [1.29, 1.82) is 0 Å². The van der Waals surface area contributed by atoms with Gasteiger partial charge in [0.05, 0.1) is 0 Å². The Hall–Kier alpha value is -0.0800. The highest BCUT2D eigenvalue weighted by atomic mass is 16.3. The molecule has 2 heteroatoms. The molecule has 0 spiro atoms. The topological polar surface area (TPSA) is 32.3 Å². The summed E-state index contributed by atoms with van der Waals surface area (Å²) in [7, 11) is 0. The zero-order valence-corrected chi connectivity index (χ0v) is 8.21. The SMILES string of the molecule is CCC(NCC(C)CO)C1CC1. The van der Waals surface area contributed by atoms with Crippen LogP contribution in [0.3, 0.4) is 0 Å². The van der Waals surface area contributed by atoms with Gasteiger partial charge in [0, 0.05) is 19.2 Å². The van der Waals surface area contributed by atoms with E-state index < -0.39 is 0 Å². The van der Waals surface area contributed by atoms with Gasteiger partial charge in [-0.25, -0.2) is 0 Å². The van der Waals surface area contributed by atoms with Gasteiger partial charge >= 0.3 is 0 Å². The van der Waals surface area contributed by atoms with E-state index in [1.807, 2.05) is 0 Å². The van der Waals surface area contributed by atoms with Crippen LogP contribution >= 0.6 is 0 Å².